The molecule has 21 heavy (non-hydrogen) atoms. The predicted octanol–water partition coefficient (Wildman–Crippen LogP) is 3.34. The number of aliphatic hydroxyl groups is 1. The molecular weight excluding hydrogens is 306 g/mol. The van der Waals surface area contributed by atoms with Crippen LogP contribution in [0.3, 0.4) is 0 Å². The number of carbonyl (C=O) groups is 1. The van der Waals surface area contributed by atoms with Crippen LogP contribution < -0.4 is 0 Å². The van der Waals surface area contributed by atoms with E-state index in [-0.39, 0.29) is 24.1 Å². The molecule has 2 aliphatic heterocycles. The van der Waals surface area contributed by atoms with Gasteiger partial charge in [-0.15, -0.1) is 11.8 Å². The lowest BCUT2D eigenvalue weighted by molar-refractivity contribution is -0.136. The molecule has 2 bridgehead atoms. The maximum atomic E-state index is 12.4. The fourth-order valence-electron chi connectivity index (χ4n) is 3.49. The second-order valence-electron chi connectivity index (χ2n) is 5.84. The average molecular weight is 326 g/mol. The molecule has 1 amide bonds. The fourth-order valence-corrected chi connectivity index (χ4v) is 4.67. The minimum Gasteiger partial charge on any atom is -0.393 e. The van der Waals surface area contributed by atoms with Gasteiger partial charge in [0.2, 0.25) is 5.91 Å². The van der Waals surface area contributed by atoms with E-state index in [1.807, 2.05) is 29.2 Å². The van der Waals surface area contributed by atoms with Gasteiger partial charge in [0.1, 0.15) is 0 Å². The van der Waals surface area contributed by atoms with E-state index in [9.17, 15) is 9.90 Å². The molecule has 0 spiro atoms. The van der Waals surface area contributed by atoms with E-state index in [1.54, 1.807) is 11.8 Å². The van der Waals surface area contributed by atoms with Gasteiger partial charge in [0.15, 0.2) is 0 Å². The molecule has 1 N–H and O–H groups in total. The molecule has 5 heteroatoms. The van der Waals surface area contributed by atoms with Crippen molar-refractivity contribution in [2.45, 2.75) is 55.2 Å². The number of hydrogen-bond acceptors (Lipinski definition) is 3. The number of halogens is 1. The molecule has 1 aromatic rings. The molecule has 1 aromatic carbocycles. The van der Waals surface area contributed by atoms with E-state index in [0.717, 1.165) is 41.4 Å². The van der Waals surface area contributed by atoms with Crippen molar-refractivity contribution in [2.24, 2.45) is 0 Å². The average Bonchev–Trinajstić information content (AvgIpc) is 2.73. The summed E-state index contributed by atoms with van der Waals surface area (Å²) in [5.41, 5.74) is 0. The van der Waals surface area contributed by atoms with Crippen molar-refractivity contribution in [3.63, 3.8) is 0 Å². The first kappa shape index (κ1) is 15.2. The zero-order valence-electron chi connectivity index (χ0n) is 11.9. The van der Waals surface area contributed by atoms with Crippen molar-refractivity contribution >= 4 is 29.3 Å². The molecule has 0 aromatic heterocycles. The molecule has 0 radical (unpaired) electrons. The molecule has 2 aliphatic rings. The third-order valence-corrected chi connectivity index (χ3v) is 5.92. The highest BCUT2D eigenvalue weighted by Crippen LogP contribution is 2.36. The van der Waals surface area contributed by atoms with Crippen LogP contribution in [0.2, 0.25) is 5.02 Å². The number of thioether (sulfide) groups is 1. The van der Waals surface area contributed by atoms with Crippen LogP contribution in [0.5, 0.6) is 0 Å². The van der Waals surface area contributed by atoms with Crippen molar-refractivity contribution in [3.05, 3.63) is 29.3 Å². The van der Waals surface area contributed by atoms with Crippen LogP contribution in [0.25, 0.3) is 0 Å². The number of carbonyl (C=O) groups excluding carboxylic acids is 1. The number of hydrogen-bond donors (Lipinski definition) is 1. The van der Waals surface area contributed by atoms with Crippen molar-refractivity contribution in [1.29, 1.82) is 0 Å². The van der Waals surface area contributed by atoms with Crippen molar-refractivity contribution in [2.75, 3.05) is 5.75 Å². The Labute approximate surface area is 134 Å². The number of piperidine rings is 1. The Morgan fingerprint density at radius 2 is 1.95 bits per heavy atom. The van der Waals surface area contributed by atoms with Crippen LogP contribution in [0.4, 0.5) is 0 Å². The maximum absolute atomic E-state index is 12.4. The lowest BCUT2D eigenvalue weighted by atomic mass is 9.99. The molecular formula is C16H20ClNO2S. The van der Waals surface area contributed by atoms with E-state index in [0.29, 0.717) is 6.42 Å². The topological polar surface area (TPSA) is 40.5 Å². The molecule has 2 heterocycles. The molecule has 0 aliphatic carbocycles. The van der Waals surface area contributed by atoms with Crippen LogP contribution in [0.15, 0.2) is 29.2 Å². The van der Waals surface area contributed by atoms with Crippen molar-refractivity contribution < 1.29 is 9.90 Å². The van der Waals surface area contributed by atoms with Crippen LogP contribution in [0.1, 0.15) is 32.1 Å². The molecule has 0 saturated carbocycles. The second-order valence-corrected chi connectivity index (χ2v) is 7.38. The second kappa shape index (κ2) is 6.59. The largest absolute Gasteiger partial charge is 0.393 e. The van der Waals surface area contributed by atoms with E-state index in [4.69, 9.17) is 11.6 Å². The van der Waals surface area contributed by atoms with Gasteiger partial charge in [0, 0.05) is 29.2 Å². The smallest absolute Gasteiger partial charge is 0.223 e. The lowest BCUT2D eigenvalue weighted by Gasteiger charge is -2.37. The highest BCUT2D eigenvalue weighted by molar-refractivity contribution is 7.99. The highest BCUT2D eigenvalue weighted by Gasteiger charge is 2.42. The van der Waals surface area contributed by atoms with Gasteiger partial charge in [0.25, 0.3) is 0 Å². The van der Waals surface area contributed by atoms with Crippen LogP contribution in [-0.2, 0) is 4.79 Å². The minimum atomic E-state index is -0.218. The van der Waals surface area contributed by atoms with E-state index in [2.05, 4.69) is 0 Å². The Kier molecular flexibility index (Phi) is 4.77. The number of benzene rings is 1. The van der Waals surface area contributed by atoms with E-state index >= 15 is 0 Å². The van der Waals surface area contributed by atoms with E-state index < -0.39 is 0 Å². The van der Waals surface area contributed by atoms with Gasteiger partial charge in [-0.3, -0.25) is 4.79 Å². The third kappa shape index (κ3) is 3.38. The Bertz CT molecular complexity index is 511. The maximum Gasteiger partial charge on any atom is 0.223 e. The zero-order chi connectivity index (χ0) is 14.8. The SMILES string of the molecule is O=C(CCSc1ccccc1Cl)N1C2CCC1CC(O)C2. The minimum absolute atomic E-state index is 0.218. The van der Waals surface area contributed by atoms with Crippen LogP contribution in [0, 0.1) is 0 Å². The first-order valence-electron chi connectivity index (χ1n) is 7.51. The summed E-state index contributed by atoms with van der Waals surface area (Å²) < 4.78 is 0. The van der Waals surface area contributed by atoms with Crippen molar-refractivity contribution in [3.8, 4) is 0 Å². The van der Waals surface area contributed by atoms with Gasteiger partial charge in [0.05, 0.1) is 11.1 Å². The summed E-state index contributed by atoms with van der Waals surface area (Å²) in [6.45, 7) is 0. The van der Waals surface area contributed by atoms with Gasteiger partial charge >= 0.3 is 0 Å². The predicted molar refractivity (Wildman–Crippen MR) is 85.7 cm³/mol. The summed E-state index contributed by atoms with van der Waals surface area (Å²) >= 11 is 7.75. The summed E-state index contributed by atoms with van der Waals surface area (Å²) in [4.78, 5) is 15.5. The summed E-state index contributed by atoms with van der Waals surface area (Å²) in [5.74, 6) is 0.982. The fraction of sp³-hybridized carbons (Fsp3) is 0.562. The zero-order valence-corrected chi connectivity index (χ0v) is 13.4. The first-order valence-corrected chi connectivity index (χ1v) is 8.88. The standard InChI is InChI=1S/C16H20ClNO2S/c17-14-3-1-2-4-15(14)21-8-7-16(20)18-11-5-6-12(18)10-13(19)9-11/h1-4,11-13,19H,5-10H2. The summed E-state index contributed by atoms with van der Waals surface area (Å²) in [6, 6.07) is 8.25. The Balaban J connectivity index is 1.52. The quantitative estimate of drug-likeness (QED) is 0.863. The van der Waals surface area contributed by atoms with Gasteiger partial charge in [-0.05, 0) is 37.8 Å². The number of aliphatic hydroxyl groups excluding tert-OH is 1. The number of rotatable bonds is 4. The molecule has 3 rings (SSSR count). The normalized spacial score (nSPS) is 27.9. The van der Waals surface area contributed by atoms with Gasteiger partial charge in [-0.2, -0.15) is 0 Å². The molecule has 2 fully saturated rings. The van der Waals surface area contributed by atoms with Crippen molar-refractivity contribution in [1.82, 2.24) is 4.90 Å². The Hall–Kier alpha value is -0.710. The Morgan fingerprint density at radius 1 is 1.29 bits per heavy atom. The van der Waals surface area contributed by atoms with Crippen LogP contribution >= 0.6 is 23.4 Å². The molecule has 114 valence electrons. The summed E-state index contributed by atoms with van der Waals surface area (Å²) in [6.07, 6.45) is 3.92. The molecule has 3 nitrogen and oxygen atoms in total. The number of fused-ring (bicyclic) bond motifs is 2. The Morgan fingerprint density at radius 3 is 2.62 bits per heavy atom. The van der Waals surface area contributed by atoms with Gasteiger partial charge < -0.3 is 10.0 Å². The number of amides is 1. The number of nitrogens with zero attached hydrogens (tertiary/aromatic N) is 1. The van der Waals surface area contributed by atoms with Crippen LogP contribution in [-0.4, -0.2) is 39.9 Å². The molecule has 2 saturated heterocycles. The monoisotopic (exact) mass is 325 g/mol. The third-order valence-electron chi connectivity index (χ3n) is 4.41. The molecule has 2 unspecified atom stereocenters. The summed E-state index contributed by atoms with van der Waals surface area (Å²) in [5, 5.41) is 10.5. The van der Waals surface area contributed by atoms with E-state index in [1.165, 1.54) is 0 Å². The lowest BCUT2D eigenvalue weighted by Crippen LogP contribution is -2.48. The van der Waals surface area contributed by atoms with Gasteiger partial charge in [-0.25, -0.2) is 0 Å². The molecule has 2 atom stereocenters. The highest BCUT2D eigenvalue weighted by atomic mass is 35.5. The summed E-state index contributed by atoms with van der Waals surface area (Å²) in [7, 11) is 0. The first-order chi connectivity index (χ1) is 10.1. The van der Waals surface area contributed by atoms with Gasteiger partial charge in [-0.1, -0.05) is 23.7 Å².